The molecule has 0 saturated carbocycles. The van der Waals surface area contributed by atoms with Crippen LogP contribution < -0.4 is 0 Å². The number of rotatable bonds is 7. The van der Waals surface area contributed by atoms with Crippen molar-refractivity contribution in [3.63, 3.8) is 0 Å². The van der Waals surface area contributed by atoms with Crippen molar-refractivity contribution < 1.29 is 0 Å². The lowest BCUT2D eigenvalue weighted by Crippen LogP contribution is -2.15. The summed E-state index contributed by atoms with van der Waals surface area (Å²) in [5, 5.41) is 0. The normalized spacial score (nSPS) is 14.1. The topological polar surface area (TPSA) is 0 Å². The Bertz CT molecular complexity index is 2960. The number of benzene rings is 9. The van der Waals surface area contributed by atoms with Crippen LogP contribution in [0.3, 0.4) is 0 Å². The van der Waals surface area contributed by atoms with Crippen LogP contribution in [-0.2, 0) is 5.41 Å². The average Bonchev–Trinajstić information content (AvgIpc) is 3.75. The maximum absolute atomic E-state index is 2.53. The summed E-state index contributed by atoms with van der Waals surface area (Å²) in [7, 11) is 0. The third-order valence-corrected chi connectivity index (χ3v) is 13.0. The molecule has 1 unspecified atom stereocenters. The number of fused-ring (bicyclic) bond motifs is 6. The summed E-state index contributed by atoms with van der Waals surface area (Å²) in [5.74, 6) is 0.199. The van der Waals surface area contributed by atoms with E-state index in [1.54, 1.807) is 0 Å². The second-order valence-corrected chi connectivity index (χ2v) is 16.9. The fraction of sp³-hybridized carbons (Fsp3) is 0.0667. The monoisotopic (exact) mass is 764 g/mol. The van der Waals surface area contributed by atoms with E-state index >= 15 is 0 Å². The van der Waals surface area contributed by atoms with E-state index in [2.05, 4.69) is 238 Å². The largest absolute Gasteiger partial charge is 0.0622 e. The van der Waals surface area contributed by atoms with Gasteiger partial charge in [0.15, 0.2) is 0 Å². The summed E-state index contributed by atoms with van der Waals surface area (Å²) in [4.78, 5) is 0. The first kappa shape index (κ1) is 35.8. The van der Waals surface area contributed by atoms with E-state index in [9.17, 15) is 0 Å². The molecule has 0 fully saturated rings. The zero-order valence-electron chi connectivity index (χ0n) is 33.9. The lowest BCUT2D eigenvalue weighted by Gasteiger charge is -2.23. The van der Waals surface area contributed by atoms with Crippen LogP contribution in [0.15, 0.2) is 218 Å². The zero-order chi connectivity index (χ0) is 40.2. The summed E-state index contributed by atoms with van der Waals surface area (Å²) in [5.41, 5.74) is 24.4. The smallest absolute Gasteiger partial charge is 0.0352 e. The van der Waals surface area contributed by atoms with Crippen molar-refractivity contribution in [3.8, 4) is 55.6 Å². The highest BCUT2D eigenvalue weighted by Gasteiger charge is 2.39. The molecule has 0 amide bonds. The molecule has 9 aromatic rings. The third-order valence-electron chi connectivity index (χ3n) is 13.0. The molecule has 0 N–H and O–H groups in total. The highest BCUT2D eigenvalue weighted by Crippen LogP contribution is 2.56. The molecule has 0 bridgehead atoms. The molecule has 0 heterocycles. The number of hydrogen-bond acceptors (Lipinski definition) is 0. The molecular weight excluding hydrogens is 721 g/mol. The van der Waals surface area contributed by atoms with Crippen molar-refractivity contribution in [2.45, 2.75) is 25.2 Å². The Morgan fingerprint density at radius 2 is 0.850 bits per heavy atom. The van der Waals surface area contributed by atoms with Gasteiger partial charge in [-0.15, -0.1) is 0 Å². The first-order valence-corrected chi connectivity index (χ1v) is 21.1. The van der Waals surface area contributed by atoms with Crippen LogP contribution in [0.1, 0.15) is 64.3 Å². The minimum atomic E-state index is -0.0462. The first-order valence-electron chi connectivity index (χ1n) is 21.1. The number of hydrogen-bond donors (Lipinski definition) is 0. The van der Waals surface area contributed by atoms with Crippen LogP contribution >= 0.6 is 0 Å². The molecule has 0 heteroatoms. The van der Waals surface area contributed by atoms with Crippen molar-refractivity contribution in [3.05, 3.63) is 263 Å². The Morgan fingerprint density at radius 3 is 1.47 bits per heavy atom. The second kappa shape index (κ2) is 14.5. The predicted octanol–water partition coefficient (Wildman–Crippen LogP) is 15.7. The third kappa shape index (κ3) is 6.16. The van der Waals surface area contributed by atoms with Gasteiger partial charge in [0.1, 0.15) is 0 Å². The molecule has 2 aliphatic carbocycles. The highest BCUT2D eigenvalue weighted by molar-refractivity contribution is 5.94. The molecule has 284 valence electrons. The van der Waals surface area contributed by atoms with Gasteiger partial charge >= 0.3 is 0 Å². The summed E-state index contributed by atoms with van der Waals surface area (Å²) in [6, 6.07) is 80.5. The lowest BCUT2D eigenvalue weighted by molar-refractivity contribution is 0.659. The van der Waals surface area contributed by atoms with Crippen LogP contribution in [-0.4, -0.2) is 0 Å². The molecule has 0 aliphatic heterocycles. The Morgan fingerprint density at radius 1 is 0.367 bits per heavy atom. The molecular formula is C60H44. The minimum Gasteiger partial charge on any atom is -0.0622 e. The molecule has 0 aromatic heterocycles. The quantitative estimate of drug-likeness (QED) is 0.142. The highest BCUT2D eigenvalue weighted by atomic mass is 14.4. The predicted molar refractivity (Wildman–Crippen MR) is 253 cm³/mol. The average molecular weight is 765 g/mol. The summed E-state index contributed by atoms with van der Waals surface area (Å²) in [6.07, 6.45) is 2.34. The van der Waals surface area contributed by atoms with E-state index < -0.39 is 0 Å². The maximum atomic E-state index is 2.53. The van der Waals surface area contributed by atoms with Gasteiger partial charge in [0.2, 0.25) is 0 Å². The standard InChI is InChI=1S/C60H44/c1-60(2)57-21-13-12-20-50(57)55-38-54-53-37-49(34-35-51(53)59(56(54)39-58(55)60)48-18-10-5-11-19-48)45-24-22-40(23-25-45)36-52(46-30-26-43(27-31-46)41-14-6-3-7-15-41)47-32-28-44(29-33-47)42-16-8-4-9-17-42/h3-39,59H,1-2H3. The molecule has 11 rings (SSSR count). The first-order chi connectivity index (χ1) is 29.5. The Hall–Kier alpha value is -7.28. The van der Waals surface area contributed by atoms with Crippen molar-refractivity contribution in [1.29, 1.82) is 0 Å². The van der Waals surface area contributed by atoms with Gasteiger partial charge < -0.3 is 0 Å². The van der Waals surface area contributed by atoms with E-state index in [-0.39, 0.29) is 11.3 Å². The lowest BCUT2D eigenvalue weighted by atomic mass is 9.80. The van der Waals surface area contributed by atoms with E-state index in [1.807, 2.05) is 0 Å². The molecule has 0 radical (unpaired) electrons. The van der Waals surface area contributed by atoms with Gasteiger partial charge in [0, 0.05) is 11.3 Å². The van der Waals surface area contributed by atoms with Crippen molar-refractivity contribution in [2.24, 2.45) is 0 Å². The van der Waals surface area contributed by atoms with E-state index in [4.69, 9.17) is 0 Å². The minimum absolute atomic E-state index is 0.0462. The van der Waals surface area contributed by atoms with Crippen LogP contribution in [0.2, 0.25) is 0 Å². The van der Waals surface area contributed by atoms with Gasteiger partial charge in [-0.25, -0.2) is 0 Å². The van der Waals surface area contributed by atoms with Gasteiger partial charge in [-0.05, 0) is 124 Å². The maximum Gasteiger partial charge on any atom is 0.0352 e. The van der Waals surface area contributed by atoms with E-state index in [1.165, 1.54) is 106 Å². The van der Waals surface area contributed by atoms with Gasteiger partial charge in [-0.3, -0.25) is 0 Å². The molecule has 0 nitrogen and oxygen atoms in total. The Labute approximate surface area is 353 Å². The van der Waals surface area contributed by atoms with Crippen molar-refractivity contribution in [1.82, 2.24) is 0 Å². The van der Waals surface area contributed by atoms with Crippen LogP contribution in [0, 0.1) is 0 Å². The van der Waals surface area contributed by atoms with Gasteiger partial charge in [-0.1, -0.05) is 220 Å². The van der Waals surface area contributed by atoms with E-state index in [0.717, 1.165) is 0 Å². The second-order valence-electron chi connectivity index (χ2n) is 16.9. The molecule has 1 atom stereocenters. The van der Waals surface area contributed by atoms with Crippen LogP contribution in [0.5, 0.6) is 0 Å². The summed E-state index contributed by atoms with van der Waals surface area (Å²) < 4.78 is 0. The molecule has 2 aliphatic rings. The fourth-order valence-corrected chi connectivity index (χ4v) is 9.85. The van der Waals surface area contributed by atoms with Gasteiger partial charge in [-0.2, -0.15) is 0 Å². The fourth-order valence-electron chi connectivity index (χ4n) is 9.85. The summed E-state index contributed by atoms with van der Waals surface area (Å²) >= 11 is 0. The molecule has 0 saturated heterocycles. The van der Waals surface area contributed by atoms with Crippen LogP contribution in [0.25, 0.3) is 67.3 Å². The summed E-state index contributed by atoms with van der Waals surface area (Å²) in [6.45, 7) is 4.76. The van der Waals surface area contributed by atoms with Crippen LogP contribution in [0.4, 0.5) is 0 Å². The Balaban J connectivity index is 0.972. The van der Waals surface area contributed by atoms with Gasteiger partial charge in [0.25, 0.3) is 0 Å². The zero-order valence-corrected chi connectivity index (χ0v) is 33.9. The Kier molecular flexibility index (Phi) is 8.68. The van der Waals surface area contributed by atoms with Gasteiger partial charge in [0.05, 0.1) is 0 Å². The molecule has 60 heavy (non-hydrogen) atoms. The van der Waals surface area contributed by atoms with Crippen molar-refractivity contribution in [2.75, 3.05) is 0 Å². The molecule has 9 aromatic carbocycles. The van der Waals surface area contributed by atoms with Crippen molar-refractivity contribution >= 4 is 11.6 Å². The molecule has 0 spiro atoms. The SMILES string of the molecule is CC1(C)c2ccccc2-c2cc3c(cc21)C(c1ccccc1)c1ccc(-c2ccc(C=C(c4ccc(-c5ccccc5)cc4)c4ccc(-c5ccccc5)cc4)cc2)cc1-3. The van der Waals surface area contributed by atoms with E-state index in [0.29, 0.717) is 0 Å².